The molecule has 2 rings (SSSR count). The van der Waals surface area contributed by atoms with Crippen molar-refractivity contribution in [2.75, 3.05) is 5.32 Å². The van der Waals surface area contributed by atoms with Crippen molar-refractivity contribution in [2.45, 2.75) is 26.7 Å². The van der Waals surface area contributed by atoms with Gasteiger partial charge in [0.2, 0.25) is 5.91 Å². The van der Waals surface area contributed by atoms with Gasteiger partial charge in [-0.3, -0.25) is 4.79 Å². The number of nitrogens with one attached hydrogen (secondary N) is 1. The Morgan fingerprint density at radius 1 is 1.23 bits per heavy atom. The summed E-state index contributed by atoms with van der Waals surface area (Å²) in [4.78, 5) is 11.1. The van der Waals surface area contributed by atoms with Crippen LogP contribution in [0.25, 0.3) is 0 Å². The summed E-state index contributed by atoms with van der Waals surface area (Å²) in [6, 6.07) is 7.99. The van der Waals surface area contributed by atoms with Crippen molar-refractivity contribution in [1.82, 2.24) is 0 Å². The Morgan fingerprint density at radius 3 is 2.85 bits per heavy atom. The largest absolute Gasteiger partial charge is 0.326 e. The van der Waals surface area contributed by atoms with Gasteiger partial charge in [-0.05, 0) is 24.5 Å². The number of amides is 1. The molecule has 1 heterocycles. The van der Waals surface area contributed by atoms with Gasteiger partial charge in [-0.25, -0.2) is 0 Å². The van der Waals surface area contributed by atoms with Crippen LogP contribution in [-0.4, -0.2) is 5.91 Å². The van der Waals surface area contributed by atoms with E-state index in [4.69, 9.17) is 0 Å². The number of hydrogen-bond acceptors (Lipinski definition) is 1. The van der Waals surface area contributed by atoms with E-state index in [1.807, 2.05) is 18.2 Å². The maximum Gasteiger partial charge on any atom is 0.224 e. The lowest BCUT2D eigenvalue weighted by atomic mass is 10.1. The first-order chi connectivity index (χ1) is 5.86. The Bertz CT molecular complexity index is 312. The van der Waals surface area contributed by atoms with Crippen LogP contribution < -0.4 is 5.32 Å². The highest BCUT2D eigenvalue weighted by Crippen LogP contribution is 2.20. The Morgan fingerprint density at radius 2 is 2.00 bits per heavy atom. The van der Waals surface area contributed by atoms with E-state index in [0.29, 0.717) is 6.42 Å². The Labute approximate surface area is 80.5 Å². The van der Waals surface area contributed by atoms with Gasteiger partial charge in [-0.2, -0.15) is 0 Å². The molecule has 1 aromatic carbocycles. The summed E-state index contributed by atoms with van der Waals surface area (Å²) in [5, 5.41) is 2.88. The third-order valence-electron chi connectivity index (χ3n) is 2.14. The molecule has 0 aromatic heterocycles. The van der Waals surface area contributed by atoms with Gasteiger partial charge in [0.1, 0.15) is 0 Å². The average Bonchev–Trinajstić information content (AvgIpc) is 2.25. The van der Waals surface area contributed by atoms with Crippen molar-refractivity contribution in [3.63, 3.8) is 0 Å². The first-order valence-corrected chi connectivity index (χ1v) is 4.24. The molecule has 0 unspecified atom stereocenters. The number of benzene rings is 1. The van der Waals surface area contributed by atoms with E-state index < -0.39 is 0 Å². The Hall–Kier alpha value is -1.31. The fourth-order valence-corrected chi connectivity index (χ4v) is 1.51. The number of aryl methyl sites for hydroxylation is 1. The van der Waals surface area contributed by atoms with Gasteiger partial charge in [-0.15, -0.1) is 0 Å². The maximum absolute atomic E-state index is 11.1. The topological polar surface area (TPSA) is 29.1 Å². The summed E-state index contributed by atoms with van der Waals surface area (Å²) < 4.78 is 0. The smallest absolute Gasteiger partial charge is 0.224 e. The van der Waals surface area contributed by atoms with E-state index in [0.717, 1.165) is 18.5 Å². The second kappa shape index (κ2) is 4.08. The summed E-state index contributed by atoms with van der Waals surface area (Å²) in [7, 11) is 0. The zero-order valence-corrected chi connectivity index (χ0v) is 6.84. The molecular formula is C11H17NO. The van der Waals surface area contributed by atoms with Crippen LogP contribution in [0.4, 0.5) is 5.69 Å². The van der Waals surface area contributed by atoms with E-state index in [2.05, 4.69) is 11.4 Å². The number of para-hydroxylation sites is 1. The molecule has 13 heavy (non-hydrogen) atoms. The number of carbonyl (C=O) groups excluding carboxylic acids is 1. The van der Waals surface area contributed by atoms with Gasteiger partial charge < -0.3 is 5.32 Å². The van der Waals surface area contributed by atoms with Crippen molar-refractivity contribution in [3.05, 3.63) is 29.8 Å². The highest BCUT2D eigenvalue weighted by atomic mass is 16.1. The van der Waals surface area contributed by atoms with Crippen LogP contribution in [0.5, 0.6) is 0 Å². The van der Waals surface area contributed by atoms with Gasteiger partial charge in [0.25, 0.3) is 0 Å². The molecule has 0 fully saturated rings. The highest BCUT2D eigenvalue weighted by molar-refractivity contribution is 5.92. The Kier molecular flexibility index (Phi) is 3.07. The summed E-state index contributed by atoms with van der Waals surface area (Å²) in [6.45, 7) is 0. The molecule has 72 valence electrons. The minimum absolute atomic E-state index is 0. The van der Waals surface area contributed by atoms with Crippen LogP contribution in [0.15, 0.2) is 24.3 Å². The van der Waals surface area contributed by atoms with Crippen LogP contribution in [0.1, 0.15) is 27.3 Å². The van der Waals surface area contributed by atoms with Crippen molar-refractivity contribution in [2.24, 2.45) is 0 Å². The van der Waals surface area contributed by atoms with Gasteiger partial charge >= 0.3 is 0 Å². The molecule has 0 saturated heterocycles. The zero-order chi connectivity index (χ0) is 8.39. The fourth-order valence-electron chi connectivity index (χ4n) is 1.51. The van der Waals surface area contributed by atoms with Crippen LogP contribution in [0.3, 0.4) is 0 Å². The predicted octanol–water partition coefficient (Wildman–Crippen LogP) is 2.84. The average molecular weight is 179 g/mol. The molecule has 1 amide bonds. The quantitative estimate of drug-likeness (QED) is 0.652. The van der Waals surface area contributed by atoms with E-state index in [-0.39, 0.29) is 14.8 Å². The van der Waals surface area contributed by atoms with Crippen LogP contribution >= 0.6 is 0 Å². The highest BCUT2D eigenvalue weighted by Gasteiger charge is 2.10. The van der Waals surface area contributed by atoms with Gasteiger partial charge in [0.15, 0.2) is 0 Å². The minimum atomic E-state index is 0. The van der Waals surface area contributed by atoms with Crippen molar-refractivity contribution in [1.29, 1.82) is 0 Å². The van der Waals surface area contributed by atoms with E-state index >= 15 is 0 Å². The minimum Gasteiger partial charge on any atom is -0.326 e. The molecule has 2 nitrogen and oxygen atoms in total. The predicted molar refractivity (Wildman–Crippen MR) is 56.9 cm³/mol. The SMILES string of the molecule is C.O=C1CCCc2ccccc2N1.[HH]. The van der Waals surface area contributed by atoms with Crippen LogP contribution in [0.2, 0.25) is 0 Å². The molecule has 0 saturated carbocycles. The number of fused-ring (bicyclic) bond motifs is 1. The summed E-state index contributed by atoms with van der Waals surface area (Å²) >= 11 is 0. The van der Waals surface area contributed by atoms with Gasteiger partial charge in [0.05, 0.1) is 0 Å². The first-order valence-electron chi connectivity index (χ1n) is 4.24. The number of anilines is 1. The van der Waals surface area contributed by atoms with Gasteiger partial charge in [-0.1, -0.05) is 25.6 Å². The molecule has 0 bridgehead atoms. The number of carbonyl (C=O) groups is 1. The lowest BCUT2D eigenvalue weighted by Crippen LogP contribution is -2.08. The third kappa shape index (κ3) is 2.08. The fraction of sp³-hybridized carbons (Fsp3) is 0.364. The second-order valence-electron chi connectivity index (χ2n) is 3.06. The van der Waals surface area contributed by atoms with Crippen molar-refractivity contribution in [3.8, 4) is 0 Å². The molecule has 1 aliphatic heterocycles. The normalized spacial score (nSPS) is 14.9. The third-order valence-corrected chi connectivity index (χ3v) is 2.14. The molecule has 0 atom stereocenters. The molecule has 0 aliphatic carbocycles. The monoisotopic (exact) mass is 179 g/mol. The van der Waals surface area contributed by atoms with E-state index in [1.54, 1.807) is 0 Å². The number of hydrogen-bond donors (Lipinski definition) is 1. The molecule has 2 heteroatoms. The molecule has 0 radical (unpaired) electrons. The first kappa shape index (κ1) is 9.78. The molecule has 1 aromatic rings. The molecule has 0 spiro atoms. The molecular weight excluding hydrogens is 162 g/mol. The maximum atomic E-state index is 11.1. The van der Waals surface area contributed by atoms with Crippen LogP contribution in [-0.2, 0) is 11.2 Å². The molecule has 1 N–H and O–H groups in total. The standard InChI is InChI=1S/C10H11NO.CH4.H2/c12-10-7-3-5-8-4-1-2-6-9(8)11-10;;/h1-2,4,6H,3,5,7H2,(H,11,12);1H4;1H. The van der Waals surface area contributed by atoms with Gasteiger partial charge in [0, 0.05) is 13.5 Å². The second-order valence-corrected chi connectivity index (χ2v) is 3.06. The Balaban J connectivity index is 0.000000845. The summed E-state index contributed by atoms with van der Waals surface area (Å²) in [5.74, 6) is 0.139. The lowest BCUT2D eigenvalue weighted by molar-refractivity contribution is -0.116. The lowest BCUT2D eigenvalue weighted by Gasteiger charge is -2.04. The summed E-state index contributed by atoms with van der Waals surface area (Å²) in [6.07, 6.45) is 2.62. The van der Waals surface area contributed by atoms with E-state index in [1.165, 1.54) is 5.56 Å². The van der Waals surface area contributed by atoms with Crippen molar-refractivity contribution >= 4 is 11.6 Å². The van der Waals surface area contributed by atoms with Crippen molar-refractivity contribution < 1.29 is 6.22 Å². The summed E-state index contributed by atoms with van der Waals surface area (Å²) in [5.41, 5.74) is 2.24. The number of rotatable bonds is 0. The van der Waals surface area contributed by atoms with E-state index in [9.17, 15) is 4.79 Å². The zero-order valence-electron chi connectivity index (χ0n) is 6.84. The molecule has 1 aliphatic rings. The van der Waals surface area contributed by atoms with Crippen LogP contribution in [0, 0.1) is 0 Å².